The second-order valence-corrected chi connectivity index (χ2v) is 5.93. The molecule has 0 unspecified atom stereocenters. The van der Waals surface area contributed by atoms with Gasteiger partial charge in [-0.05, 0) is 29.8 Å². The Labute approximate surface area is 149 Å². The van der Waals surface area contributed by atoms with Gasteiger partial charge in [-0.25, -0.2) is 4.79 Å². The normalized spacial score (nSPS) is 11.7. The fourth-order valence-electron chi connectivity index (χ4n) is 2.78. The van der Waals surface area contributed by atoms with E-state index in [1.807, 2.05) is 0 Å². The quantitative estimate of drug-likeness (QED) is 0.663. The summed E-state index contributed by atoms with van der Waals surface area (Å²) in [5.74, 6) is -1.37. The van der Waals surface area contributed by atoms with E-state index >= 15 is 0 Å². The first-order chi connectivity index (χ1) is 12.2. The third-order valence-electron chi connectivity index (χ3n) is 3.79. The van der Waals surface area contributed by atoms with Crippen LogP contribution in [0.2, 0.25) is 5.02 Å². The minimum atomic E-state index is -4.70. The molecule has 1 heterocycles. The number of hydrogen-bond acceptors (Lipinski definition) is 3. The zero-order valence-electron chi connectivity index (χ0n) is 12.9. The van der Waals surface area contributed by atoms with Crippen molar-refractivity contribution in [1.82, 2.24) is 0 Å². The van der Waals surface area contributed by atoms with Crippen LogP contribution in [0.5, 0.6) is 0 Å². The maximum atomic E-state index is 13.5. The number of fused-ring (bicyclic) bond motifs is 1. The number of benzene rings is 2. The first-order valence-corrected chi connectivity index (χ1v) is 7.70. The third-order valence-corrected chi connectivity index (χ3v) is 4.03. The smallest absolute Gasteiger partial charge is 0.417 e. The second-order valence-electron chi connectivity index (χ2n) is 5.50. The van der Waals surface area contributed by atoms with Crippen LogP contribution in [0.3, 0.4) is 0 Å². The molecule has 0 fully saturated rings. The lowest BCUT2D eigenvalue weighted by atomic mass is 9.92. The van der Waals surface area contributed by atoms with Gasteiger partial charge in [-0.2, -0.15) is 13.2 Å². The van der Waals surface area contributed by atoms with Crippen LogP contribution in [0.15, 0.2) is 51.7 Å². The molecule has 0 saturated heterocycles. The first kappa shape index (κ1) is 18.0. The molecule has 3 aromatic rings. The van der Waals surface area contributed by atoms with E-state index in [4.69, 9.17) is 21.1 Å². The molecule has 3 rings (SSSR count). The van der Waals surface area contributed by atoms with Crippen molar-refractivity contribution in [2.45, 2.75) is 12.6 Å². The Bertz CT molecular complexity index is 1070. The molecule has 1 aromatic heterocycles. The average Bonchev–Trinajstić information content (AvgIpc) is 2.55. The van der Waals surface area contributed by atoms with Gasteiger partial charge < -0.3 is 9.52 Å². The minimum Gasteiger partial charge on any atom is -0.481 e. The Morgan fingerprint density at radius 2 is 1.85 bits per heavy atom. The van der Waals surface area contributed by atoms with Crippen LogP contribution in [0, 0.1) is 0 Å². The number of halogens is 4. The van der Waals surface area contributed by atoms with E-state index in [-0.39, 0.29) is 32.7 Å². The summed E-state index contributed by atoms with van der Waals surface area (Å²) in [5, 5.41) is 9.43. The van der Waals surface area contributed by atoms with E-state index in [9.17, 15) is 22.8 Å². The molecule has 0 saturated carbocycles. The minimum absolute atomic E-state index is 0.0144. The van der Waals surface area contributed by atoms with Gasteiger partial charge in [-0.1, -0.05) is 29.8 Å². The lowest BCUT2D eigenvalue weighted by Crippen LogP contribution is -2.16. The number of carboxylic acid groups (broad SMARTS) is 1. The first-order valence-electron chi connectivity index (χ1n) is 7.32. The van der Waals surface area contributed by atoms with Crippen molar-refractivity contribution in [2.75, 3.05) is 0 Å². The van der Waals surface area contributed by atoms with E-state index < -0.39 is 29.8 Å². The fraction of sp³-hybridized carbons (Fsp3) is 0.111. The van der Waals surface area contributed by atoms with Crippen molar-refractivity contribution in [3.05, 3.63) is 69.0 Å². The molecule has 0 amide bonds. The highest BCUT2D eigenvalue weighted by Gasteiger charge is 2.35. The van der Waals surface area contributed by atoms with Gasteiger partial charge in [0.05, 0.1) is 17.5 Å². The topological polar surface area (TPSA) is 67.5 Å². The number of carbonyl (C=O) groups is 1. The largest absolute Gasteiger partial charge is 0.481 e. The van der Waals surface area contributed by atoms with Crippen molar-refractivity contribution in [2.24, 2.45) is 0 Å². The molecular formula is C18H10ClF3O4. The summed E-state index contributed by atoms with van der Waals surface area (Å²) in [6.07, 6.45) is -5.48. The van der Waals surface area contributed by atoms with Gasteiger partial charge in [0.1, 0.15) is 5.58 Å². The number of carboxylic acids is 1. The molecule has 26 heavy (non-hydrogen) atoms. The summed E-state index contributed by atoms with van der Waals surface area (Å²) in [6.45, 7) is 0. The second kappa shape index (κ2) is 6.49. The summed E-state index contributed by atoms with van der Waals surface area (Å²) in [6, 6.07) is 8.75. The molecule has 0 aliphatic carbocycles. The summed E-state index contributed by atoms with van der Waals surface area (Å²) in [4.78, 5) is 23.4. The van der Waals surface area contributed by atoms with Gasteiger partial charge in [0.25, 0.3) is 0 Å². The Morgan fingerprint density at radius 1 is 1.15 bits per heavy atom. The van der Waals surface area contributed by atoms with Gasteiger partial charge in [-0.3, -0.25) is 4.79 Å². The number of hydrogen-bond donors (Lipinski definition) is 1. The zero-order chi connectivity index (χ0) is 19.1. The number of rotatable bonds is 3. The molecule has 4 nitrogen and oxygen atoms in total. The standard InChI is InChI=1S/C18H10ClF3O4/c19-9-5-6-14-11(7-9)16(12(8-15(23)24)17(25)26-14)10-3-1-2-4-13(10)18(20,21)22/h1-7H,8H2,(H,23,24). The van der Waals surface area contributed by atoms with E-state index in [1.54, 1.807) is 0 Å². The molecule has 8 heteroatoms. The molecule has 0 bridgehead atoms. The maximum absolute atomic E-state index is 13.5. The van der Waals surface area contributed by atoms with Crippen LogP contribution < -0.4 is 5.63 Å². The van der Waals surface area contributed by atoms with Crippen LogP contribution in [-0.4, -0.2) is 11.1 Å². The molecule has 0 spiro atoms. The molecule has 134 valence electrons. The van der Waals surface area contributed by atoms with Crippen LogP contribution in [0.1, 0.15) is 11.1 Å². The highest BCUT2D eigenvalue weighted by molar-refractivity contribution is 6.31. The van der Waals surface area contributed by atoms with Crippen molar-refractivity contribution in [1.29, 1.82) is 0 Å². The highest BCUT2D eigenvalue weighted by atomic mass is 35.5. The van der Waals surface area contributed by atoms with E-state index in [0.717, 1.165) is 6.07 Å². The van der Waals surface area contributed by atoms with E-state index in [0.29, 0.717) is 0 Å². The molecule has 0 aliphatic heterocycles. The lowest BCUT2D eigenvalue weighted by molar-refractivity contribution is -0.137. The predicted molar refractivity (Wildman–Crippen MR) is 89.3 cm³/mol. The number of aliphatic carboxylic acids is 1. The zero-order valence-corrected chi connectivity index (χ0v) is 13.7. The van der Waals surface area contributed by atoms with Crippen LogP contribution in [0.4, 0.5) is 13.2 Å². The van der Waals surface area contributed by atoms with Gasteiger partial charge in [0.2, 0.25) is 0 Å². The van der Waals surface area contributed by atoms with Gasteiger partial charge in [0.15, 0.2) is 0 Å². The SMILES string of the molecule is O=C(O)Cc1c(-c2ccccc2C(F)(F)F)c2cc(Cl)ccc2oc1=O. The number of alkyl halides is 3. The summed E-state index contributed by atoms with van der Waals surface area (Å²) < 4.78 is 45.5. The molecule has 1 N–H and O–H groups in total. The summed E-state index contributed by atoms with van der Waals surface area (Å²) in [7, 11) is 0. The average molecular weight is 383 g/mol. The predicted octanol–water partition coefficient (Wildman–Crippen LogP) is 4.76. The molecular weight excluding hydrogens is 373 g/mol. The Kier molecular flexibility index (Phi) is 4.50. The highest BCUT2D eigenvalue weighted by Crippen LogP contribution is 2.40. The monoisotopic (exact) mass is 382 g/mol. The van der Waals surface area contributed by atoms with Gasteiger partial charge >= 0.3 is 17.8 Å². The van der Waals surface area contributed by atoms with Crippen LogP contribution in [0.25, 0.3) is 22.1 Å². The van der Waals surface area contributed by atoms with Crippen molar-refractivity contribution >= 4 is 28.5 Å². The molecule has 0 radical (unpaired) electrons. The van der Waals surface area contributed by atoms with Crippen LogP contribution >= 0.6 is 11.6 Å². The molecule has 2 aromatic carbocycles. The lowest BCUT2D eigenvalue weighted by Gasteiger charge is -2.16. The molecule has 0 aliphatic rings. The van der Waals surface area contributed by atoms with Crippen LogP contribution in [-0.2, 0) is 17.4 Å². The van der Waals surface area contributed by atoms with Gasteiger partial charge in [-0.15, -0.1) is 0 Å². The van der Waals surface area contributed by atoms with Crippen molar-refractivity contribution < 1.29 is 27.5 Å². The van der Waals surface area contributed by atoms with Gasteiger partial charge in [0, 0.05) is 16.0 Å². The Hall–Kier alpha value is -2.80. The van der Waals surface area contributed by atoms with Crippen molar-refractivity contribution in [3.63, 3.8) is 0 Å². The molecule has 0 atom stereocenters. The third kappa shape index (κ3) is 3.30. The Balaban J connectivity index is 2.50. The summed E-state index contributed by atoms with van der Waals surface area (Å²) >= 11 is 5.95. The Morgan fingerprint density at radius 3 is 2.50 bits per heavy atom. The fourth-order valence-corrected chi connectivity index (χ4v) is 2.95. The van der Waals surface area contributed by atoms with Crippen molar-refractivity contribution in [3.8, 4) is 11.1 Å². The maximum Gasteiger partial charge on any atom is 0.417 e. The van der Waals surface area contributed by atoms with E-state index in [2.05, 4.69) is 0 Å². The summed E-state index contributed by atoms with van der Waals surface area (Å²) in [5.41, 5.74) is -2.80. The van der Waals surface area contributed by atoms with E-state index in [1.165, 1.54) is 36.4 Å².